The molecule has 0 unspecified atom stereocenters. The first-order valence-corrected chi connectivity index (χ1v) is 7.02. The number of nitrogens with zero attached hydrogens (tertiary/aromatic N) is 2. The zero-order valence-corrected chi connectivity index (χ0v) is 12.8. The number of nitrogens with one attached hydrogen (secondary N) is 2. The lowest BCUT2D eigenvalue weighted by Gasteiger charge is -2.20. The maximum atomic E-state index is 12.2. The summed E-state index contributed by atoms with van der Waals surface area (Å²) in [6.45, 7) is 2.10. The molecule has 0 radical (unpaired) electrons. The van der Waals surface area contributed by atoms with Crippen LogP contribution in [-0.2, 0) is 11.3 Å². The van der Waals surface area contributed by atoms with Gasteiger partial charge in [0.25, 0.3) is 5.91 Å². The molecule has 0 bridgehead atoms. The first-order chi connectivity index (χ1) is 11.0. The van der Waals surface area contributed by atoms with Crippen LogP contribution >= 0.6 is 0 Å². The number of amides is 3. The number of carbonyl (C=O) groups excluding carboxylic acids is 2. The second-order valence-corrected chi connectivity index (χ2v) is 5.26. The largest absolute Gasteiger partial charge is 0.482 e. The van der Waals surface area contributed by atoms with Gasteiger partial charge in [0.05, 0.1) is 12.2 Å². The normalized spacial score (nSPS) is 12.9. The minimum atomic E-state index is -0.287. The quantitative estimate of drug-likeness (QED) is 0.902. The average Bonchev–Trinajstić information content (AvgIpc) is 2.92. The summed E-state index contributed by atoms with van der Waals surface area (Å²) < 4.78 is 10.3. The number of hydrogen-bond acceptors (Lipinski definition) is 5. The Labute approximate surface area is 132 Å². The molecule has 3 rings (SSSR count). The standard InChI is InChI=1S/C15H16N4O4/c1-9-5-11(18-23-9)7-19(2)15(21)16-10-3-4-12-13(6-10)22-8-14(20)17-12/h3-6H,7-8H2,1-2H3,(H,16,21)(H,17,20). The molecule has 120 valence electrons. The van der Waals surface area contributed by atoms with Gasteiger partial charge in [-0.3, -0.25) is 4.79 Å². The summed E-state index contributed by atoms with van der Waals surface area (Å²) in [7, 11) is 1.66. The molecule has 1 aromatic heterocycles. The van der Waals surface area contributed by atoms with E-state index in [1.165, 1.54) is 4.90 Å². The van der Waals surface area contributed by atoms with Crippen LogP contribution in [0.5, 0.6) is 5.75 Å². The summed E-state index contributed by atoms with van der Waals surface area (Å²) >= 11 is 0. The van der Waals surface area contributed by atoms with Crippen LogP contribution in [0.2, 0.25) is 0 Å². The highest BCUT2D eigenvalue weighted by atomic mass is 16.5. The summed E-state index contributed by atoms with van der Waals surface area (Å²) in [5.74, 6) is 1.02. The molecule has 8 heteroatoms. The van der Waals surface area contributed by atoms with Crippen molar-refractivity contribution in [3.63, 3.8) is 0 Å². The van der Waals surface area contributed by atoms with Crippen molar-refractivity contribution in [3.05, 3.63) is 35.7 Å². The Morgan fingerprint density at radius 1 is 1.43 bits per heavy atom. The lowest BCUT2D eigenvalue weighted by atomic mass is 10.2. The molecule has 1 aliphatic heterocycles. The van der Waals surface area contributed by atoms with E-state index in [1.807, 2.05) is 0 Å². The van der Waals surface area contributed by atoms with Crippen LogP contribution in [0.3, 0.4) is 0 Å². The van der Waals surface area contributed by atoms with E-state index >= 15 is 0 Å². The summed E-state index contributed by atoms with van der Waals surface area (Å²) in [6, 6.07) is 6.54. The molecule has 2 aromatic rings. The first kappa shape index (κ1) is 14.9. The zero-order chi connectivity index (χ0) is 16.4. The SMILES string of the molecule is Cc1cc(CN(C)C(=O)Nc2ccc3c(c2)OCC(=O)N3)no1. The Morgan fingerprint density at radius 3 is 3.00 bits per heavy atom. The fourth-order valence-corrected chi connectivity index (χ4v) is 2.18. The number of urea groups is 1. The molecule has 0 saturated heterocycles. The molecule has 0 aliphatic carbocycles. The molecule has 0 spiro atoms. The van der Waals surface area contributed by atoms with Crippen molar-refractivity contribution < 1.29 is 18.8 Å². The lowest BCUT2D eigenvalue weighted by Crippen LogP contribution is -2.31. The van der Waals surface area contributed by atoms with Crippen LogP contribution in [0, 0.1) is 6.92 Å². The van der Waals surface area contributed by atoms with Crippen LogP contribution in [0.1, 0.15) is 11.5 Å². The van der Waals surface area contributed by atoms with Gasteiger partial charge in [0.15, 0.2) is 6.61 Å². The minimum absolute atomic E-state index is 0.0319. The molecule has 0 fully saturated rings. The number of anilines is 2. The van der Waals surface area contributed by atoms with E-state index in [9.17, 15) is 9.59 Å². The number of aromatic nitrogens is 1. The third-order valence-corrected chi connectivity index (χ3v) is 3.29. The van der Waals surface area contributed by atoms with E-state index in [1.54, 1.807) is 38.2 Å². The van der Waals surface area contributed by atoms with E-state index in [-0.39, 0.29) is 18.5 Å². The summed E-state index contributed by atoms with van der Waals surface area (Å²) in [6.07, 6.45) is 0. The number of rotatable bonds is 3. The fourth-order valence-electron chi connectivity index (χ4n) is 2.18. The molecule has 2 N–H and O–H groups in total. The monoisotopic (exact) mass is 316 g/mol. The molecule has 1 aromatic carbocycles. The highest BCUT2D eigenvalue weighted by molar-refractivity contribution is 5.96. The molecule has 3 amide bonds. The van der Waals surface area contributed by atoms with Crippen LogP contribution in [-0.4, -0.2) is 35.6 Å². The first-order valence-electron chi connectivity index (χ1n) is 7.02. The predicted octanol–water partition coefficient (Wildman–Crippen LogP) is 1.98. The van der Waals surface area contributed by atoms with Crippen molar-refractivity contribution in [2.45, 2.75) is 13.5 Å². The molecule has 0 saturated carbocycles. The molecule has 8 nitrogen and oxygen atoms in total. The third kappa shape index (κ3) is 3.42. The number of ether oxygens (including phenoxy) is 1. The van der Waals surface area contributed by atoms with Gasteiger partial charge in [0, 0.05) is 24.9 Å². The highest BCUT2D eigenvalue weighted by Gasteiger charge is 2.17. The van der Waals surface area contributed by atoms with Crippen LogP contribution in [0.25, 0.3) is 0 Å². The van der Waals surface area contributed by atoms with Crippen LogP contribution in [0.15, 0.2) is 28.8 Å². The lowest BCUT2D eigenvalue weighted by molar-refractivity contribution is -0.118. The van der Waals surface area contributed by atoms with Gasteiger partial charge in [-0.15, -0.1) is 0 Å². The van der Waals surface area contributed by atoms with E-state index in [0.717, 1.165) is 0 Å². The smallest absolute Gasteiger partial charge is 0.321 e. The third-order valence-electron chi connectivity index (χ3n) is 3.29. The number of benzene rings is 1. The number of fused-ring (bicyclic) bond motifs is 1. The molecule has 0 atom stereocenters. The second kappa shape index (κ2) is 5.99. The number of hydrogen-bond donors (Lipinski definition) is 2. The van der Waals surface area contributed by atoms with Crippen molar-refractivity contribution in [2.75, 3.05) is 24.3 Å². The van der Waals surface area contributed by atoms with E-state index in [0.29, 0.717) is 35.1 Å². The van der Waals surface area contributed by atoms with Gasteiger partial charge in [-0.05, 0) is 19.1 Å². The summed E-state index contributed by atoms with van der Waals surface area (Å²) in [4.78, 5) is 24.9. The van der Waals surface area contributed by atoms with Crippen molar-refractivity contribution in [1.29, 1.82) is 0 Å². The van der Waals surface area contributed by atoms with Crippen LogP contribution in [0.4, 0.5) is 16.2 Å². The average molecular weight is 316 g/mol. The second-order valence-electron chi connectivity index (χ2n) is 5.26. The highest BCUT2D eigenvalue weighted by Crippen LogP contribution is 2.30. The Kier molecular flexibility index (Phi) is 3.88. The Morgan fingerprint density at radius 2 is 2.26 bits per heavy atom. The minimum Gasteiger partial charge on any atom is -0.482 e. The van der Waals surface area contributed by atoms with E-state index < -0.39 is 0 Å². The van der Waals surface area contributed by atoms with Gasteiger partial charge in [-0.2, -0.15) is 0 Å². The Bertz CT molecular complexity index is 756. The van der Waals surface area contributed by atoms with Gasteiger partial charge in [0.1, 0.15) is 17.2 Å². The summed E-state index contributed by atoms with van der Waals surface area (Å²) in [5.41, 5.74) is 1.84. The topological polar surface area (TPSA) is 96.7 Å². The van der Waals surface area contributed by atoms with Crippen molar-refractivity contribution >= 4 is 23.3 Å². The van der Waals surface area contributed by atoms with E-state index in [2.05, 4.69) is 15.8 Å². The Hall–Kier alpha value is -3.03. The predicted molar refractivity (Wildman–Crippen MR) is 82.3 cm³/mol. The van der Waals surface area contributed by atoms with Gasteiger partial charge >= 0.3 is 6.03 Å². The van der Waals surface area contributed by atoms with Crippen molar-refractivity contribution in [2.24, 2.45) is 0 Å². The number of carbonyl (C=O) groups is 2. The van der Waals surface area contributed by atoms with Gasteiger partial charge in [-0.1, -0.05) is 5.16 Å². The maximum Gasteiger partial charge on any atom is 0.321 e. The zero-order valence-electron chi connectivity index (χ0n) is 12.8. The number of aryl methyl sites for hydroxylation is 1. The molecule has 23 heavy (non-hydrogen) atoms. The van der Waals surface area contributed by atoms with Crippen molar-refractivity contribution in [3.8, 4) is 5.75 Å². The fraction of sp³-hybridized carbons (Fsp3) is 0.267. The van der Waals surface area contributed by atoms with Crippen LogP contribution < -0.4 is 15.4 Å². The van der Waals surface area contributed by atoms with Crippen molar-refractivity contribution in [1.82, 2.24) is 10.1 Å². The Balaban J connectivity index is 1.64. The van der Waals surface area contributed by atoms with Gasteiger partial charge < -0.3 is 24.8 Å². The molecular formula is C15H16N4O4. The molecular weight excluding hydrogens is 300 g/mol. The molecule has 2 heterocycles. The molecule has 1 aliphatic rings. The summed E-state index contributed by atoms with van der Waals surface area (Å²) in [5, 5.41) is 9.31. The van der Waals surface area contributed by atoms with E-state index in [4.69, 9.17) is 9.26 Å². The van der Waals surface area contributed by atoms with Gasteiger partial charge in [0.2, 0.25) is 0 Å². The maximum absolute atomic E-state index is 12.2. The van der Waals surface area contributed by atoms with Gasteiger partial charge in [-0.25, -0.2) is 4.79 Å².